The van der Waals surface area contributed by atoms with E-state index in [9.17, 15) is 19.2 Å². The number of aromatic nitrogens is 4. The zero-order chi connectivity index (χ0) is 47.9. The van der Waals surface area contributed by atoms with Gasteiger partial charge in [-0.05, 0) is 68.7 Å². The summed E-state index contributed by atoms with van der Waals surface area (Å²) in [5.74, 6) is 2.20. The lowest BCUT2D eigenvalue weighted by Gasteiger charge is -2.43. The Balaban J connectivity index is 0.00000104. The van der Waals surface area contributed by atoms with Crippen LogP contribution in [0.25, 0.3) is 33.6 Å². The molecule has 4 amide bonds. The number of alkyl carbamates (subject to hydrolysis) is 2. The number of hydrogen-bond donors (Lipinski definition) is 4. The summed E-state index contributed by atoms with van der Waals surface area (Å²) in [5, 5.41) is 4.98. The first-order chi connectivity index (χ1) is 31.5. The second-order valence-electron chi connectivity index (χ2n) is 15.4. The Morgan fingerprint density at radius 1 is 0.723 bits per heavy atom. The van der Waals surface area contributed by atoms with Gasteiger partial charge < -0.3 is 49.3 Å². The summed E-state index contributed by atoms with van der Waals surface area (Å²) in [6, 6.07) is 11.9. The van der Waals surface area contributed by atoms with Crippen molar-refractivity contribution in [1.29, 1.82) is 0 Å². The topological polar surface area (TPSA) is 193 Å². The zero-order valence-electron chi connectivity index (χ0n) is 39.0. The van der Waals surface area contributed by atoms with E-state index in [4.69, 9.17) is 14.5 Å². The second kappa shape index (κ2) is 26.6. The summed E-state index contributed by atoms with van der Waals surface area (Å²) in [5.41, 5.74) is 4.40. The summed E-state index contributed by atoms with van der Waals surface area (Å²) in [6.45, 7) is 12.1. The highest BCUT2D eigenvalue weighted by molar-refractivity contribution is 5.85. The molecule has 16 nitrogen and oxygen atoms in total. The van der Waals surface area contributed by atoms with Gasteiger partial charge in [0.2, 0.25) is 11.8 Å². The number of methoxy groups -OCH3 is 2. The van der Waals surface area contributed by atoms with E-state index in [2.05, 4.69) is 88.4 Å². The van der Waals surface area contributed by atoms with Crippen LogP contribution in [-0.2, 0) is 24.6 Å². The molecule has 16 heteroatoms. The maximum Gasteiger partial charge on any atom is 0.407 e. The van der Waals surface area contributed by atoms with E-state index in [0.717, 1.165) is 65.7 Å². The van der Waals surface area contributed by atoms with Crippen LogP contribution >= 0.6 is 0 Å². The maximum atomic E-state index is 13.2. The first-order valence-electron chi connectivity index (χ1n) is 22.1. The fourth-order valence-electron chi connectivity index (χ4n) is 7.71. The minimum Gasteiger partial charge on any atom is -0.485 e. The molecule has 0 spiro atoms. The molecule has 350 valence electrons. The Hall–Kier alpha value is -6.94. The van der Waals surface area contributed by atoms with Crippen LogP contribution < -0.4 is 20.1 Å². The number of piperidine rings is 2. The lowest BCUT2D eigenvalue weighted by Crippen LogP contribution is -2.53. The molecular weight excluding hydrogens is 829 g/mol. The second-order valence-corrected chi connectivity index (χ2v) is 15.4. The number of terminal acetylenes is 2. The van der Waals surface area contributed by atoms with Gasteiger partial charge in [0.05, 0.1) is 49.6 Å². The number of carbonyl (C=O) groups is 4. The summed E-state index contributed by atoms with van der Waals surface area (Å²) >= 11 is 0. The highest BCUT2D eigenvalue weighted by atomic mass is 16.6. The number of H-pyrrole nitrogens is 2. The van der Waals surface area contributed by atoms with Crippen LogP contribution in [0, 0.1) is 25.7 Å². The van der Waals surface area contributed by atoms with Crippen molar-refractivity contribution in [2.75, 3.05) is 53.6 Å². The molecule has 1 unspecified atom stereocenters. The van der Waals surface area contributed by atoms with Gasteiger partial charge in [0.1, 0.15) is 38.0 Å². The highest BCUT2D eigenvalue weighted by Crippen LogP contribution is 2.47. The van der Waals surface area contributed by atoms with Crippen molar-refractivity contribution in [3.8, 4) is 70.8 Å². The molecular formula is C49H66N8O8. The molecule has 2 fully saturated rings. The summed E-state index contributed by atoms with van der Waals surface area (Å²) in [7, 11) is 2.53. The van der Waals surface area contributed by atoms with Crippen LogP contribution in [0.5, 0.6) is 11.5 Å². The summed E-state index contributed by atoms with van der Waals surface area (Å²) in [6.07, 6.45) is 25.9. The van der Waals surface area contributed by atoms with Crippen LogP contribution in [0.3, 0.4) is 0 Å². The standard InChI is InChI=1S/C39H46N8O8.2C3H8.2C2H2/c1-39(15-5-7-17-47(39)32(49)23-43-38(51)53-3)36-41-21-29(45-36)27-14-13-26(33-34(27)55-19-18-54-33)24-9-11-25(12-10-24)28-20-40-35(44-28)30-8-4-6-16-46(30)31(48)22-42-37(50)52-2;2*1-3-2;2*1-2/h9-14,20-21,30H,4-8,15-19,22-23H2,1-3H3,(H,40,44)(H,41,45)(H,42,50)(H,43,51);2*3H2,1-2H3;2*1-2H/t30?,39-;;;;/m1..../s1. The van der Waals surface area contributed by atoms with Gasteiger partial charge in [-0.1, -0.05) is 64.8 Å². The Labute approximate surface area is 383 Å². The van der Waals surface area contributed by atoms with Crippen LogP contribution in [0.2, 0.25) is 0 Å². The number of benzene rings is 2. The molecule has 7 rings (SSSR count). The molecule has 2 aromatic carbocycles. The van der Waals surface area contributed by atoms with Gasteiger partial charge >= 0.3 is 12.2 Å². The quantitative estimate of drug-likeness (QED) is 0.119. The SMILES string of the molecule is C#C.C#C.CCC.CCC.COC(=O)NCC(=O)N1CCCCC1c1ncc(-c2ccc(-c3ccc(-c4cnc([C@@]5(C)CCCCN5C(=O)CNC(=O)OC)[nH]4)c4c3OCCO4)cc2)[nH]1. The number of rotatable bonds is 9. The lowest BCUT2D eigenvalue weighted by atomic mass is 9.87. The molecule has 4 N–H and O–H groups in total. The molecule has 5 heterocycles. The summed E-state index contributed by atoms with van der Waals surface area (Å²) < 4.78 is 21.7. The van der Waals surface area contributed by atoms with Crippen molar-refractivity contribution in [2.45, 2.75) is 97.6 Å². The Morgan fingerprint density at radius 2 is 1.26 bits per heavy atom. The molecule has 3 aliphatic rings. The van der Waals surface area contributed by atoms with Crippen molar-refractivity contribution in [2.24, 2.45) is 0 Å². The van der Waals surface area contributed by atoms with E-state index in [1.807, 2.05) is 43.3 Å². The van der Waals surface area contributed by atoms with Gasteiger partial charge in [-0.25, -0.2) is 19.6 Å². The van der Waals surface area contributed by atoms with E-state index in [-0.39, 0.29) is 30.9 Å². The number of ether oxygens (including phenoxy) is 4. The molecule has 2 saturated heterocycles. The monoisotopic (exact) mass is 895 g/mol. The van der Waals surface area contributed by atoms with E-state index in [1.165, 1.54) is 27.1 Å². The molecule has 2 aromatic heterocycles. The fraction of sp³-hybridized carbons (Fsp3) is 0.469. The number of carbonyl (C=O) groups excluding carboxylic acids is 4. The predicted molar refractivity (Wildman–Crippen MR) is 252 cm³/mol. The van der Waals surface area contributed by atoms with E-state index in [1.54, 1.807) is 22.2 Å². The smallest absolute Gasteiger partial charge is 0.407 e. The minimum atomic E-state index is -0.698. The average molecular weight is 895 g/mol. The molecule has 0 saturated carbocycles. The van der Waals surface area contributed by atoms with Gasteiger partial charge in [-0.3, -0.25) is 9.59 Å². The third-order valence-corrected chi connectivity index (χ3v) is 10.6. The Kier molecular flexibility index (Phi) is 21.5. The van der Waals surface area contributed by atoms with Crippen LogP contribution in [0.15, 0.2) is 48.8 Å². The molecule has 0 bridgehead atoms. The van der Waals surface area contributed by atoms with E-state index in [0.29, 0.717) is 55.9 Å². The third kappa shape index (κ3) is 13.3. The number of imidazole rings is 2. The maximum absolute atomic E-state index is 13.2. The predicted octanol–water partition coefficient (Wildman–Crippen LogP) is 8.23. The number of amides is 4. The van der Waals surface area contributed by atoms with Gasteiger partial charge in [-0.15, -0.1) is 25.7 Å². The number of likely N-dealkylation sites (tertiary alicyclic amines) is 2. The summed E-state index contributed by atoms with van der Waals surface area (Å²) in [4.78, 5) is 69.3. The molecule has 65 heavy (non-hydrogen) atoms. The van der Waals surface area contributed by atoms with E-state index < -0.39 is 17.7 Å². The van der Waals surface area contributed by atoms with Crippen molar-refractivity contribution in [3.05, 3.63) is 60.4 Å². The Bertz CT molecular complexity index is 2170. The number of nitrogens with zero attached hydrogens (tertiary/aromatic N) is 4. The molecule has 3 aliphatic heterocycles. The van der Waals surface area contributed by atoms with Gasteiger partial charge in [0.15, 0.2) is 11.5 Å². The number of aromatic amines is 2. The van der Waals surface area contributed by atoms with Crippen LogP contribution in [-0.4, -0.2) is 107 Å². The number of nitrogens with one attached hydrogen (secondary N) is 4. The average Bonchev–Trinajstić information content (AvgIpc) is 4.06. The largest absolute Gasteiger partial charge is 0.485 e. The van der Waals surface area contributed by atoms with Gasteiger partial charge in [0.25, 0.3) is 0 Å². The van der Waals surface area contributed by atoms with Crippen molar-refractivity contribution in [1.82, 2.24) is 40.4 Å². The Morgan fingerprint density at radius 3 is 1.88 bits per heavy atom. The van der Waals surface area contributed by atoms with Gasteiger partial charge in [-0.2, -0.15) is 0 Å². The lowest BCUT2D eigenvalue weighted by molar-refractivity contribution is -0.139. The molecule has 4 aromatic rings. The normalized spacial score (nSPS) is 17.0. The first kappa shape index (κ1) is 52.4. The van der Waals surface area contributed by atoms with Gasteiger partial charge in [0, 0.05) is 24.2 Å². The highest BCUT2D eigenvalue weighted by Gasteiger charge is 2.41. The first-order valence-corrected chi connectivity index (χ1v) is 22.1. The van der Waals surface area contributed by atoms with Crippen molar-refractivity contribution < 1.29 is 38.1 Å². The third-order valence-electron chi connectivity index (χ3n) is 10.6. The van der Waals surface area contributed by atoms with Crippen molar-refractivity contribution in [3.63, 3.8) is 0 Å². The molecule has 2 atom stereocenters. The van der Waals surface area contributed by atoms with E-state index >= 15 is 0 Å². The fourth-order valence-corrected chi connectivity index (χ4v) is 7.71. The minimum absolute atomic E-state index is 0.139. The van der Waals surface area contributed by atoms with Crippen molar-refractivity contribution >= 4 is 24.0 Å². The zero-order valence-corrected chi connectivity index (χ0v) is 39.0. The number of fused-ring (bicyclic) bond motifs is 1. The number of hydrogen-bond acceptors (Lipinski definition) is 10. The van der Waals surface area contributed by atoms with Crippen LogP contribution in [0.1, 0.15) is 104 Å². The molecule has 0 radical (unpaired) electrons. The molecule has 0 aliphatic carbocycles. The van der Waals surface area contributed by atoms with Crippen LogP contribution in [0.4, 0.5) is 9.59 Å².